The third-order valence-corrected chi connectivity index (χ3v) is 4.92. The van der Waals surface area contributed by atoms with Crippen LogP contribution in [0.3, 0.4) is 0 Å². The van der Waals surface area contributed by atoms with Crippen molar-refractivity contribution in [2.75, 3.05) is 11.5 Å². The fraction of sp³-hybridized carbons (Fsp3) is 0.923. The van der Waals surface area contributed by atoms with Crippen molar-refractivity contribution in [2.24, 2.45) is 11.3 Å². The Labute approximate surface area is 103 Å². The molecule has 16 heavy (non-hydrogen) atoms. The highest BCUT2D eigenvalue weighted by Crippen LogP contribution is 2.43. The van der Waals surface area contributed by atoms with Crippen LogP contribution < -0.4 is 0 Å². The fourth-order valence-electron chi connectivity index (χ4n) is 2.62. The van der Waals surface area contributed by atoms with Crippen LogP contribution >= 0.6 is 11.8 Å². The number of carboxylic acid groups (broad SMARTS) is 1. The second kappa shape index (κ2) is 6.53. The Morgan fingerprint density at radius 3 is 2.44 bits per heavy atom. The van der Waals surface area contributed by atoms with Gasteiger partial charge in [-0.05, 0) is 49.5 Å². The summed E-state index contributed by atoms with van der Waals surface area (Å²) in [5.41, 5.74) is -0.395. The summed E-state index contributed by atoms with van der Waals surface area (Å²) in [6, 6.07) is 0. The molecule has 0 aromatic heterocycles. The molecular formula is C13H24O2S. The SMILES string of the molecule is CCSCCC1(C(=O)O)CCC(CC)CC1. The van der Waals surface area contributed by atoms with E-state index in [2.05, 4.69) is 13.8 Å². The quantitative estimate of drug-likeness (QED) is 0.722. The maximum absolute atomic E-state index is 11.5. The molecule has 1 saturated carbocycles. The summed E-state index contributed by atoms with van der Waals surface area (Å²) in [5.74, 6) is 2.30. The third kappa shape index (κ3) is 3.41. The van der Waals surface area contributed by atoms with E-state index in [1.807, 2.05) is 11.8 Å². The molecule has 0 aromatic carbocycles. The molecule has 1 fully saturated rings. The molecule has 2 nitrogen and oxygen atoms in total. The van der Waals surface area contributed by atoms with Crippen LogP contribution in [0.4, 0.5) is 0 Å². The fourth-order valence-corrected chi connectivity index (χ4v) is 3.44. The maximum atomic E-state index is 11.5. The molecule has 0 aliphatic heterocycles. The zero-order chi connectivity index (χ0) is 12.0. The third-order valence-electron chi connectivity index (χ3n) is 4.02. The molecule has 0 aromatic rings. The minimum atomic E-state index is -0.557. The van der Waals surface area contributed by atoms with Gasteiger partial charge in [-0.2, -0.15) is 11.8 Å². The van der Waals surface area contributed by atoms with Gasteiger partial charge in [0.1, 0.15) is 0 Å². The summed E-state index contributed by atoms with van der Waals surface area (Å²) in [7, 11) is 0. The van der Waals surface area contributed by atoms with Gasteiger partial charge >= 0.3 is 5.97 Å². The first kappa shape index (κ1) is 13.9. The van der Waals surface area contributed by atoms with Crippen LogP contribution in [-0.4, -0.2) is 22.6 Å². The molecule has 0 bridgehead atoms. The van der Waals surface area contributed by atoms with Crippen LogP contribution in [0.1, 0.15) is 52.4 Å². The van der Waals surface area contributed by atoms with Crippen molar-refractivity contribution in [1.29, 1.82) is 0 Å². The van der Waals surface area contributed by atoms with Gasteiger partial charge in [0.15, 0.2) is 0 Å². The van der Waals surface area contributed by atoms with Gasteiger partial charge in [-0.25, -0.2) is 0 Å². The molecule has 1 aliphatic rings. The summed E-state index contributed by atoms with van der Waals surface area (Å²) in [6.07, 6.45) is 6.08. The minimum absolute atomic E-state index is 0.395. The molecule has 94 valence electrons. The molecule has 1 N–H and O–H groups in total. The van der Waals surface area contributed by atoms with Gasteiger partial charge in [-0.1, -0.05) is 20.3 Å². The van der Waals surface area contributed by atoms with Gasteiger partial charge in [0.25, 0.3) is 0 Å². The van der Waals surface area contributed by atoms with E-state index in [1.165, 1.54) is 6.42 Å². The van der Waals surface area contributed by atoms with Crippen molar-refractivity contribution in [2.45, 2.75) is 52.4 Å². The largest absolute Gasteiger partial charge is 0.481 e. The van der Waals surface area contributed by atoms with E-state index >= 15 is 0 Å². The Hall–Kier alpha value is -0.180. The van der Waals surface area contributed by atoms with Gasteiger partial charge < -0.3 is 5.11 Å². The molecule has 1 aliphatic carbocycles. The summed E-state index contributed by atoms with van der Waals surface area (Å²) < 4.78 is 0. The van der Waals surface area contributed by atoms with Crippen LogP contribution in [0, 0.1) is 11.3 Å². The average Bonchev–Trinajstić information content (AvgIpc) is 2.30. The molecule has 0 amide bonds. The molecule has 0 atom stereocenters. The van der Waals surface area contributed by atoms with E-state index in [1.54, 1.807) is 0 Å². The molecule has 0 heterocycles. The second-order valence-corrected chi connectivity index (χ2v) is 6.28. The van der Waals surface area contributed by atoms with E-state index in [0.717, 1.165) is 49.5 Å². The first-order chi connectivity index (χ1) is 7.64. The van der Waals surface area contributed by atoms with Crippen molar-refractivity contribution in [3.63, 3.8) is 0 Å². The summed E-state index contributed by atoms with van der Waals surface area (Å²) >= 11 is 1.86. The first-order valence-corrected chi connectivity index (χ1v) is 7.61. The Balaban J connectivity index is 2.51. The maximum Gasteiger partial charge on any atom is 0.309 e. The van der Waals surface area contributed by atoms with Crippen molar-refractivity contribution in [1.82, 2.24) is 0 Å². The van der Waals surface area contributed by atoms with E-state index in [0.29, 0.717) is 0 Å². The van der Waals surface area contributed by atoms with Gasteiger partial charge in [0.2, 0.25) is 0 Å². The molecule has 0 spiro atoms. The standard InChI is InChI=1S/C13H24O2S/c1-3-11-5-7-13(8-6-11,12(14)15)9-10-16-4-2/h11H,3-10H2,1-2H3,(H,14,15). The number of thioether (sulfide) groups is 1. The number of hydrogen-bond donors (Lipinski definition) is 1. The second-order valence-electron chi connectivity index (χ2n) is 4.88. The highest BCUT2D eigenvalue weighted by Gasteiger charge is 2.40. The van der Waals surface area contributed by atoms with E-state index in [4.69, 9.17) is 0 Å². The van der Waals surface area contributed by atoms with Crippen LogP contribution in [0.15, 0.2) is 0 Å². The molecule has 3 heteroatoms. The Kier molecular flexibility index (Phi) is 5.67. The monoisotopic (exact) mass is 244 g/mol. The first-order valence-electron chi connectivity index (χ1n) is 6.45. The van der Waals surface area contributed by atoms with Crippen molar-refractivity contribution in [3.05, 3.63) is 0 Å². The number of hydrogen-bond acceptors (Lipinski definition) is 2. The summed E-state index contributed by atoms with van der Waals surface area (Å²) in [4.78, 5) is 11.5. The summed E-state index contributed by atoms with van der Waals surface area (Å²) in [5, 5.41) is 9.44. The average molecular weight is 244 g/mol. The molecule has 0 radical (unpaired) electrons. The Morgan fingerprint density at radius 2 is 2.00 bits per heavy atom. The normalized spacial score (nSPS) is 30.2. The predicted octanol–water partition coefficient (Wildman–Crippen LogP) is 3.80. The van der Waals surface area contributed by atoms with Crippen LogP contribution in [-0.2, 0) is 4.79 Å². The van der Waals surface area contributed by atoms with Crippen LogP contribution in [0.25, 0.3) is 0 Å². The minimum Gasteiger partial charge on any atom is -0.481 e. The lowest BCUT2D eigenvalue weighted by Crippen LogP contribution is -2.36. The Morgan fingerprint density at radius 1 is 1.38 bits per heavy atom. The van der Waals surface area contributed by atoms with Crippen LogP contribution in [0.5, 0.6) is 0 Å². The van der Waals surface area contributed by atoms with Gasteiger partial charge in [0, 0.05) is 0 Å². The smallest absolute Gasteiger partial charge is 0.309 e. The van der Waals surface area contributed by atoms with Crippen molar-refractivity contribution in [3.8, 4) is 0 Å². The van der Waals surface area contributed by atoms with Gasteiger partial charge in [-0.15, -0.1) is 0 Å². The summed E-state index contributed by atoms with van der Waals surface area (Å²) in [6.45, 7) is 4.34. The molecule has 0 unspecified atom stereocenters. The number of aliphatic carboxylic acids is 1. The van der Waals surface area contributed by atoms with Crippen molar-refractivity contribution < 1.29 is 9.90 Å². The van der Waals surface area contributed by atoms with E-state index < -0.39 is 11.4 Å². The predicted molar refractivity (Wildman–Crippen MR) is 69.9 cm³/mol. The van der Waals surface area contributed by atoms with E-state index in [-0.39, 0.29) is 0 Å². The zero-order valence-electron chi connectivity index (χ0n) is 10.5. The lowest BCUT2D eigenvalue weighted by Gasteiger charge is -2.36. The van der Waals surface area contributed by atoms with Gasteiger partial charge in [0.05, 0.1) is 5.41 Å². The molecule has 0 saturated heterocycles. The zero-order valence-corrected chi connectivity index (χ0v) is 11.3. The lowest BCUT2D eigenvalue weighted by atomic mass is 9.68. The molecular weight excluding hydrogens is 220 g/mol. The number of rotatable bonds is 6. The van der Waals surface area contributed by atoms with Gasteiger partial charge in [-0.3, -0.25) is 4.79 Å². The van der Waals surface area contributed by atoms with Crippen LogP contribution in [0.2, 0.25) is 0 Å². The molecule has 1 rings (SSSR count). The lowest BCUT2D eigenvalue weighted by molar-refractivity contribution is -0.151. The highest BCUT2D eigenvalue weighted by atomic mass is 32.2. The number of carbonyl (C=O) groups is 1. The topological polar surface area (TPSA) is 37.3 Å². The number of carboxylic acids is 1. The van der Waals surface area contributed by atoms with E-state index in [9.17, 15) is 9.90 Å². The van der Waals surface area contributed by atoms with Crippen molar-refractivity contribution >= 4 is 17.7 Å². The highest BCUT2D eigenvalue weighted by molar-refractivity contribution is 7.99. The Bertz CT molecular complexity index is 214.